The Bertz CT molecular complexity index is 466. The van der Waals surface area contributed by atoms with Gasteiger partial charge in [0.1, 0.15) is 0 Å². The monoisotopic (exact) mass is 188 g/mol. The molecule has 3 N–H and O–H groups in total. The van der Waals surface area contributed by atoms with E-state index in [0.29, 0.717) is 5.69 Å². The molecule has 0 saturated carbocycles. The number of aromatic nitrogens is 1. The van der Waals surface area contributed by atoms with Gasteiger partial charge < -0.3 is 10.8 Å². The van der Waals surface area contributed by atoms with E-state index in [9.17, 15) is 5.11 Å². The molecule has 3 nitrogen and oxygen atoms in total. The second-order valence-corrected chi connectivity index (χ2v) is 3.40. The van der Waals surface area contributed by atoms with Crippen molar-refractivity contribution in [1.82, 2.24) is 4.98 Å². The number of aliphatic hydroxyl groups excluding tert-OH is 1. The van der Waals surface area contributed by atoms with Crippen molar-refractivity contribution in [3.63, 3.8) is 0 Å². The number of nitrogens with zero attached hydrogens (tertiary/aromatic N) is 1. The molecule has 0 bridgehead atoms. The summed E-state index contributed by atoms with van der Waals surface area (Å²) in [7, 11) is 0. The summed E-state index contributed by atoms with van der Waals surface area (Å²) in [5.41, 5.74) is 8.04. The Morgan fingerprint density at radius 1 is 1.36 bits per heavy atom. The van der Waals surface area contributed by atoms with Crippen LogP contribution in [-0.4, -0.2) is 10.1 Å². The van der Waals surface area contributed by atoms with Crippen molar-refractivity contribution < 1.29 is 5.11 Å². The maximum atomic E-state index is 9.40. The van der Waals surface area contributed by atoms with Gasteiger partial charge in [0.05, 0.1) is 23.5 Å². The third-order valence-corrected chi connectivity index (χ3v) is 2.21. The molecule has 1 atom stereocenters. The summed E-state index contributed by atoms with van der Waals surface area (Å²) in [5, 5.41) is 10.4. The van der Waals surface area contributed by atoms with Gasteiger partial charge in [0.15, 0.2) is 0 Å². The minimum atomic E-state index is -0.458. The van der Waals surface area contributed by atoms with Crippen molar-refractivity contribution in [1.29, 1.82) is 0 Å². The second-order valence-electron chi connectivity index (χ2n) is 3.40. The molecule has 0 aliphatic carbocycles. The molecule has 72 valence electrons. The predicted octanol–water partition coefficient (Wildman–Crippen LogP) is 1.87. The summed E-state index contributed by atoms with van der Waals surface area (Å²) in [6.45, 7) is 1.74. The molecule has 3 heteroatoms. The Kier molecular flexibility index (Phi) is 2.09. The molecule has 1 aromatic heterocycles. The maximum Gasteiger partial charge on any atom is 0.0762 e. The first-order valence-corrected chi connectivity index (χ1v) is 4.50. The van der Waals surface area contributed by atoms with Gasteiger partial charge in [-0.15, -0.1) is 0 Å². The Labute approximate surface area is 82.2 Å². The number of anilines is 1. The van der Waals surface area contributed by atoms with E-state index in [1.165, 1.54) is 0 Å². The van der Waals surface area contributed by atoms with Crippen LogP contribution in [0.1, 0.15) is 18.6 Å². The van der Waals surface area contributed by atoms with Crippen LogP contribution in [0.15, 0.2) is 30.5 Å². The third kappa shape index (κ3) is 1.54. The van der Waals surface area contributed by atoms with E-state index in [1.54, 1.807) is 13.1 Å². The van der Waals surface area contributed by atoms with Crippen LogP contribution < -0.4 is 5.73 Å². The number of aliphatic hydroxyl groups is 1. The molecule has 0 fully saturated rings. The summed E-state index contributed by atoms with van der Waals surface area (Å²) in [6.07, 6.45) is 1.17. The maximum absolute atomic E-state index is 9.40. The van der Waals surface area contributed by atoms with Crippen LogP contribution in [-0.2, 0) is 0 Å². The first-order chi connectivity index (χ1) is 6.66. The van der Waals surface area contributed by atoms with Crippen LogP contribution in [0.5, 0.6) is 0 Å². The highest BCUT2D eigenvalue weighted by Crippen LogP contribution is 2.20. The number of benzene rings is 1. The zero-order valence-electron chi connectivity index (χ0n) is 7.94. The number of hydrogen-bond donors (Lipinski definition) is 2. The topological polar surface area (TPSA) is 59.1 Å². The molecule has 1 unspecified atom stereocenters. The van der Waals surface area contributed by atoms with Gasteiger partial charge >= 0.3 is 0 Å². The average molecular weight is 188 g/mol. The van der Waals surface area contributed by atoms with Crippen molar-refractivity contribution in [3.8, 4) is 0 Å². The van der Waals surface area contributed by atoms with Crippen LogP contribution >= 0.6 is 0 Å². The fourth-order valence-electron chi connectivity index (χ4n) is 1.43. The van der Waals surface area contributed by atoms with Gasteiger partial charge in [0.25, 0.3) is 0 Å². The number of rotatable bonds is 1. The van der Waals surface area contributed by atoms with Crippen LogP contribution in [0.25, 0.3) is 10.9 Å². The van der Waals surface area contributed by atoms with E-state index >= 15 is 0 Å². The quantitative estimate of drug-likeness (QED) is 0.718. The molecule has 1 aromatic carbocycles. The molecular formula is C11H12N2O. The summed E-state index contributed by atoms with van der Waals surface area (Å²) in [5.74, 6) is 0. The van der Waals surface area contributed by atoms with Crippen molar-refractivity contribution in [2.45, 2.75) is 13.0 Å². The number of hydrogen-bond acceptors (Lipinski definition) is 3. The van der Waals surface area contributed by atoms with Gasteiger partial charge in [-0.2, -0.15) is 0 Å². The Morgan fingerprint density at radius 3 is 2.86 bits per heavy atom. The van der Waals surface area contributed by atoms with Crippen LogP contribution in [0.3, 0.4) is 0 Å². The molecule has 0 saturated heterocycles. The highest BCUT2D eigenvalue weighted by atomic mass is 16.3. The van der Waals surface area contributed by atoms with Gasteiger partial charge in [-0.1, -0.05) is 6.07 Å². The highest BCUT2D eigenvalue weighted by Gasteiger charge is 2.02. The molecule has 14 heavy (non-hydrogen) atoms. The molecule has 1 heterocycles. The lowest BCUT2D eigenvalue weighted by atomic mass is 10.1. The summed E-state index contributed by atoms with van der Waals surface area (Å²) in [4.78, 5) is 4.17. The normalized spacial score (nSPS) is 13.0. The first kappa shape index (κ1) is 8.97. The summed E-state index contributed by atoms with van der Waals surface area (Å²) in [6, 6.07) is 7.52. The zero-order chi connectivity index (χ0) is 10.1. The van der Waals surface area contributed by atoms with E-state index in [0.717, 1.165) is 16.5 Å². The standard InChI is InChI=1S/C11H12N2O/c1-7(14)8-2-3-11-9(4-8)5-10(12)6-13-11/h2-7,14H,12H2,1H3. The van der Waals surface area contributed by atoms with E-state index in [-0.39, 0.29) is 0 Å². The van der Waals surface area contributed by atoms with E-state index in [2.05, 4.69) is 4.98 Å². The number of nitrogens with two attached hydrogens (primary N) is 1. The van der Waals surface area contributed by atoms with Crippen LogP contribution in [0.2, 0.25) is 0 Å². The van der Waals surface area contributed by atoms with E-state index in [1.807, 2.05) is 24.3 Å². The molecule has 0 spiro atoms. The van der Waals surface area contributed by atoms with Gasteiger partial charge in [-0.3, -0.25) is 4.98 Å². The lowest BCUT2D eigenvalue weighted by Gasteiger charge is -2.05. The van der Waals surface area contributed by atoms with Crippen LogP contribution in [0, 0.1) is 0 Å². The number of fused-ring (bicyclic) bond motifs is 1. The lowest BCUT2D eigenvalue weighted by Crippen LogP contribution is -1.92. The summed E-state index contributed by atoms with van der Waals surface area (Å²) < 4.78 is 0. The SMILES string of the molecule is CC(O)c1ccc2ncc(N)cc2c1. The predicted molar refractivity (Wildman–Crippen MR) is 56.8 cm³/mol. The Morgan fingerprint density at radius 2 is 2.14 bits per heavy atom. The molecule has 0 aliphatic heterocycles. The number of nitrogen functional groups attached to an aromatic ring is 1. The largest absolute Gasteiger partial charge is 0.397 e. The van der Waals surface area contributed by atoms with Crippen LogP contribution in [0.4, 0.5) is 5.69 Å². The molecular weight excluding hydrogens is 176 g/mol. The number of pyridine rings is 1. The fraction of sp³-hybridized carbons (Fsp3) is 0.182. The fourth-order valence-corrected chi connectivity index (χ4v) is 1.43. The van der Waals surface area contributed by atoms with Crippen molar-refractivity contribution in [3.05, 3.63) is 36.0 Å². The first-order valence-electron chi connectivity index (χ1n) is 4.50. The third-order valence-electron chi connectivity index (χ3n) is 2.21. The van der Waals surface area contributed by atoms with Gasteiger partial charge in [-0.25, -0.2) is 0 Å². The Balaban J connectivity index is 2.63. The van der Waals surface area contributed by atoms with E-state index in [4.69, 9.17) is 5.73 Å². The molecule has 0 amide bonds. The minimum Gasteiger partial charge on any atom is -0.397 e. The summed E-state index contributed by atoms with van der Waals surface area (Å²) >= 11 is 0. The average Bonchev–Trinajstić information content (AvgIpc) is 2.16. The van der Waals surface area contributed by atoms with Crippen molar-refractivity contribution in [2.24, 2.45) is 0 Å². The molecule has 2 aromatic rings. The zero-order valence-corrected chi connectivity index (χ0v) is 7.94. The Hall–Kier alpha value is -1.61. The van der Waals surface area contributed by atoms with Gasteiger partial charge in [-0.05, 0) is 30.7 Å². The van der Waals surface area contributed by atoms with Gasteiger partial charge in [0, 0.05) is 5.39 Å². The molecule has 2 rings (SSSR count). The lowest BCUT2D eigenvalue weighted by molar-refractivity contribution is 0.199. The van der Waals surface area contributed by atoms with E-state index < -0.39 is 6.10 Å². The molecule has 0 radical (unpaired) electrons. The highest BCUT2D eigenvalue weighted by molar-refractivity contribution is 5.81. The smallest absolute Gasteiger partial charge is 0.0762 e. The van der Waals surface area contributed by atoms with Gasteiger partial charge in [0.2, 0.25) is 0 Å². The second kappa shape index (κ2) is 3.27. The van der Waals surface area contributed by atoms with Crippen molar-refractivity contribution in [2.75, 3.05) is 5.73 Å². The molecule has 0 aliphatic rings. The minimum absolute atomic E-state index is 0.458. The van der Waals surface area contributed by atoms with Crippen molar-refractivity contribution >= 4 is 16.6 Å².